The van der Waals surface area contributed by atoms with Crippen LogP contribution in [-0.2, 0) is 19.6 Å². The Morgan fingerprint density at radius 3 is 2.27 bits per heavy atom. The standard InChI is InChI=1S/C34H37N3O3/c1-39-32-17-9-8-16-30(32)26-36(25-29-13-6-3-7-14-29)27-31-18-19-33(40-31)34(38)37-23-21-35(22-24-37)20-10-15-28-11-4-2-5-12-28/h2-19H,20-27H2,1H3/b15-10+. The first kappa shape index (κ1) is 27.4. The van der Waals surface area contributed by atoms with Crippen LogP contribution >= 0.6 is 0 Å². The normalized spacial score (nSPS) is 14.2. The third-order valence-electron chi connectivity index (χ3n) is 7.22. The Labute approximate surface area is 237 Å². The van der Waals surface area contributed by atoms with Gasteiger partial charge in [-0.2, -0.15) is 0 Å². The molecule has 4 aromatic rings. The van der Waals surface area contributed by atoms with E-state index in [4.69, 9.17) is 9.15 Å². The lowest BCUT2D eigenvalue weighted by molar-refractivity contribution is 0.0615. The van der Waals surface area contributed by atoms with Crippen LogP contribution in [0.3, 0.4) is 0 Å². The first-order valence-electron chi connectivity index (χ1n) is 13.9. The number of hydrogen-bond acceptors (Lipinski definition) is 5. The predicted octanol–water partition coefficient (Wildman–Crippen LogP) is 5.96. The molecule has 5 rings (SSSR count). The van der Waals surface area contributed by atoms with Crippen molar-refractivity contribution in [2.45, 2.75) is 19.6 Å². The van der Waals surface area contributed by atoms with E-state index in [1.807, 2.05) is 59.5 Å². The van der Waals surface area contributed by atoms with Crippen molar-refractivity contribution in [1.29, 1.82) is 0 Å². The maximum atomic E-state index is 13.2. The molecule has 2 heterocycles. The highest BCUT2D eigenvalue weighted by molar-refractivity contribution is 5.91. The Morgan fingerprint density at radius 2 is 1.52 bits per heavy atom. The van der Waals surface area contributed by atoms with Crippen molar-refractivity contribution in [2.75, 3.05) is 39.8 Å². The summed E-state index contributed by atoms with van der Waals surface area (Å²) in [5, 5.41) is 0. The zero-order valence-corrected chi connectivity index (χ0v) is 23.1. The summed E-state index contributed by atoms with van der Waals surface area (Å²) in [7, 11) is 1.70. The number of carbonyl (C=O) groups is 1. The number of methoxy groups -OCH3 is 1. The number of nitrogens with zero attached hydrogens (tertiary/aromatic N) is 3. The monoisotopic (exact) mass is 535 g/mol. The summed E-state index contributed by atoms with van der Waals surface area (Å²) in [6.07, 6.45) is 4.34. The van der Waals surface area contributed by atoms with Crippen molar-refractivity contribution < 1.29 is 13.9 Å². The quantitative estimate of drug-likeness (QED) is 0.237. The number of benzene rings is 3. The Balaban J connectivity index is 1.18. The molecule has 3 aromatic carbocycles. The van der Waals surface area contributed by atoms with Crippen LogP contribution in [0.25, 0.3) is 6.08 Å². The van der Waals surface area contributed by atoms with E-state index in [9.17, 15) is 4.79 Å². The van der Waals surface area contributed by atoms with Crippen LogP contribution in [0.5, 0.6) is 5.75 Å². The van der Waals surface area contributed by atoms with E-state index in [1.165, 1.54) is 11.1 Å². The smallest absolute Gasteiger partial charge is 0.289 e. The molecule has 1 aliphatic rings. The van der Waals surface area contributed by atoms with Gasteiger partial charge in [0.05, 0.1) is 13.7 Å². The summed E-state index contributed by atoms with van der Waals surface area (Å²) < 4.78 is 11.7. The first-order valence-corrected chi connectivity index (χ1v) is 13.9. The Hall–Kier alpha value is -4.13. The summed E-state index contributed by atoms with van der Waals surface area (Å²) in [5.41, 5.74) is 3.53. The summed E-state index contributed by atoms with van der Waals surface area (Å²) in [6.45, 7) is 6.01. The van der Waals surface area contributed by atoms with E-state index < -0.39 is 0 Å². The molecule has 206 valence electrons. The van der Waals surface area contributed by atoms with Gasteiger partial charge in [-0.1, -0.05) is 91.0 Å². The lowest BCUT2D eigenvalue weighted by Crippen LogP contribution is -2.48. The van der Waals surface area contributed by atoms with Gasteiger partial charge in [0.1, 0.15) is 11.5 Å². The largest absolute Gasteiger partial charge is 0.496 e. The van der Waals surface area contributed by atoms with Crippen molar-refractivity contribution in [2.24, 2.45) is 0 Å². The molecule has 0 spiro atoms. The van der Waals surface area contributed by atoms with Crippen LogP contribution < -0.4 is 4.74 Å². The summed E-state index contributed by atoms with van der Waals surface area (Å²) in [4.78, 5) is 19.8. The zero-order valence-electron chi connectivity index (χ0n) is 23.1. The number of para-hydroxylation sites is 1. The molecular weight excluding hydrogens is 498 g/mol. The van der Waals surface area contributed by atoms with Gasteiger partial charge in [0.2, 0.25) is 0 Å². The number of piperazine rings is 1. The highest BCUT2D eigenvalue weighted by Gasteiger charge is 2.24. The van der Waals surface area contributed by atoms with Gasteiger partial charge in [0.15, 0.2) is 5.76 Å². The van der Waals surface area contributed by atoms with Crippen LogP contribution in [0.4, 0.5) is 0 Å². The van der Waals surface area contributed by atoms with Crippen molar-refractivity contribution in [3.05, 3.63) is 131 Å². The fourth-order valence-corrected chi connectivity index (χ4v) is 5.07. The average Bonchev–Trinajstić information content (AvgIpc) is 3.47. The minimum atomic E-state index is -0.0370. The van der Waals surface area contributed by atoms with E-state index in [1.54, 1.807) is 7.11 Å². The lowest BCUT2D eigenvalue weighted by Gasteiger charge is -2.33. The molecule has 0 aliphatic carbocycles. The third-order valence-corrected chi connectivity index (χ3v) is 7.22. The molecule has 0 N–H and O–H groups in total. The second-order valence-corrected chi connectivity index (χ2v) is 10.1. The Morgan fingerprint density at radius 1 is 0.825 bits per heavy atom. The van der Waals surface area contributed by atoms with Crippen molar-refractivity contribution in [1.82, 2.24) is 14.7 Å². The van der Waals surface area contributed by atoms with Gasteiger partial charge in [0.25, 0.3) is 5.91 Å². The highest BCUT2D eigenvalue weighted by atomic mass is 16.5. The van der Waals surface area contributed by atoms with Gasteiger partial charge in [-0.15, -0.1) is 0 Å². The maximum absolute atomic E-state index is 13.2. The molecule has 1 amide bonds. The highest BCUT2D eigenvalue weighted by Crippen LogP contribution is 2.23. The molecule has 1 saturated heterocycles. The van der Waals surface area contributed by atoms with Crippen molar-refractivity contribution >= 4 is 12.0 Å². The summed E-state index contributed by atoms with van der Waals surface area (Å²) in [5.74, 6) is 2.01. The molecule has 6 heteroatoms. The van der Waals surface area contributed by atoms with E-state index in [0.29, 0.717) is 31.9 Å². The number of furan rings is 1. The average molecular weight is 536 g/mol. The molecule has 0 saturated carbocycles. The number of hydrogen-bond donors (Lipinski definition) is 0. The van der Waals surface area contributed by atoms with Crippen LogP contribution in [0.2, 0.25) is 0 Å². The summed E-state index contributed by atoms with van der Waals surface area (Å²) in [6, 6.07) is 32.5. The van der Waals surface area contributed by atoms with Gasteiger partial charge >= 0.3 is 0 Å². The number of carbonyl (C=O) groups excluding carboxylic acids is 1. The molecule has 1 fully saturated rings. The Bertz CT molecular complexity index is 1380. The van der Waals surface area contributed by atoms with Gasteiger partial charge in [-0.05, 0) is 29.3 Å². The minimum absolute atomic E-state index is 0.0370. The fraction of sp³-hybridized carbons (Fsp3) is 0.265. The second kappa shape index (κ2) is 13.8. The molecule has 1 aromatic heterocycles. The third kappa shape index (κ3) is 7.50. The number of ether oxygens (including phenoxy) is 1. The van der Waals surface area contributed by atoms with Crippen molar-refractivity contribution in [3.63, 3.8) is 0 Å². The SMILES string of the molecule is COc1ccccc1CN(Cc1ccccc1)Cc1ccc(C(=O)N2CCN(C/C=C/c3ccccc3)CC2)o1. The predicted molar refractivity (Wildman–Crippen MR) is 159 cm³/mol. The van der Waals surface area contributed by atoms with Crippen molar-refractivity contribution in [3.8, 4) is 5.75 Å². The molecule has 0 radical (unpaired) electrons. The number of rotatable bonds is 11. The maximum Gasteiger partial charge on any atom is 0.289 e. The van der Waals surface area contributed by atoms with Gasteiger partial charge in [-0.3, -0.25) is 14.6 Å². The lowest BCUT2D eigenvalue weighted by atomic mass is 10.1. The Kier molecular flexibility index (Phi) is 9.46. The topological polar surface area (TPSA) is 49.2 Å². The van der Waals surface area contributed by atoms with Gasteiger partial charge in [-0.25, -0.2) is 0 Å². The van der Waals surface area contributed by atoms with E-state index in [-0.39, 0.29) is 5.91 Å². The molecule has 0 bridgehead atoms. The minimum Gasteiger partial charge on any atom is -0.496 e. The molecule has 6 nitrogen and oxygen atoms in total. The molecule has 40 heavy (non-hydrogen) atoms. The van der Waals surface area contributed by atoms with Crippen LogP contribution in [0.1, 0.15) is 33.0 Å². The molecular formula is C34H37N3O3. The van der Waals surface area contributed by atoms with Gasteiger partial charge < -0.3 is 14.1 Å². The van der Waals surface area contributed by atoms with Crippen LogP contribution in [-0.4, -0.2) is 60.4 Å². The zero-order chi connectivity index (χ0) is 27.6. The number of amides is 1. The summed E-state index contributed by atoms with van der Waals surface area (Å²) >= 11 is 0. The van der Waals surface area contributed by atoms with E-state index in [2.05, 4.69) is 64.4 Å². The van der Waals surface area contributed by atoms with Gasteiger partial charge in [0, 0.05) is 51.4 Å². The first-order chi connectivity index (χ1) is 19.7. The van der Waals surface area contributed by atoms with Crippen LogP contribution in [0, 0.1) is 0 Å². The molecule has 1 aliphatic heterocycles. The van der Waals surface area contributed by atoms with Crippen LogP contribution in [0.15, 0.2) is 108 Å². The van der Waals surface area contributed by atoms with E-state index in [0.717, 1.165) is 43.3 Å². The molecule has 0 unspecified atom stereocenters. The fourth-order valence-electron chi connectivity index (χ4n) is 5.07. The molecule has 0 atom stereocenters. The second-order valence-electron chi connectivity index (χ2n) is 10.1. The van der Waals surface area contributed by atoms with E-state index >= 15 is 0 Å².